The highest BCUT2D eigenvalue weighted by atomic mass is 35.5. The molecule has 7 nitrogen and oxygen atoms in total. The molecule has 1 heterocycles. The van der Waals surface area contributed by atoms with Crippen LogP contribution in [0.25, 0.3) is 0 Å². The van der Waals surface area contributed by atoms with Crippen molar-refractivity contribution < 1.29 is 13.3 Å². The number of sulfonamides is 1. The summed E-state index contributed by atoms with van der Waals surface area (Å²) < 4.78 is 26.7. The van der Waals surface area contributed by atoms with Gasteiger partial charge in [-0.05, 0) is 31.5 Å². The molecule has 0 bridgehead atoms. The van der Waals surface area contributed by atoms with E-state index in [9.17, 15) is 18.5 Å². The van der Waals surface area contributed by atoms with Crippen LogP contribution in [0.3, 0.4) is 0 Å². The number of aryl methyl sites for hydroxylation is 1. The molecule has 0 atom stereocenters. The van der Waals surface area contributed by atoms with E-state index in [2.05, 4.69) is 5.32 Å². The fraction of sp³-hybridized carbons (Fsp3) is 0.500. The topological polar surface area (TPSA) is 92.5 Å². The lowest BCUT2D eigenvalue weighted by molar-refractivity contribution is -0.385. The zero-order valence-corrected chi connectivity index (χ0v) is 14.3. The third-order valence-corrected chi connectivity index (χ3v) is 5.71. The normalized spacial score (nSPS) is 16.6. The number of benzene rings is 1. The van der Waals surface area contributed by atoms with E-state index < -0.39 is 14.9 Å². The molecule has 10 heteroatoms. The molecule has 0 aliphatic carbocycles. The highest BCUT2D eigenvalue weighted by Crippen LogP contribution is 2.34. The van der Waals surface area contributed by atoms with Gasteiger partial charge in [-0.1, -0.05) is 11.6 Å². The van der Waals surface area contributed by atoms with Crippen LogP contribution in [0, 0.1) is 17.0 Å². The third-order valence-electron chi connectivity index (χ3n) is 3.28. The zero-order chi connectivity index (χ0) is 15.6. The average molecular weight is 370 g/mol. The summed E-state index contributed by atoms with van der Waals surface area (Å²) in [4.78, 5) is 10.1. The Bertz CT molecular complexity index is 659. The van der Waals surface area contributed by atoms with E-state index >= 15 is 0 Å². The van der Waals surface area contributed by atoms with Gasteiger partial charge in [-0.3, -0.25) is 10.1 Å². The fourth-order valence-corrected chi connectivity index (χ4v) is 4.35. The molecular formula is C12H17Cl2N3O4S. The zero-order valence-electron chi connectivity index (χ0n) is 11.9. The van der Waals surface area contributed by atoms with Gasteiger partial charge in [-0.15, -0.1) is 12.4 Å². The first kappa shape index (κ1) is 19.1. The van der Waals surface area contributed by atoms with Gasteiger partial charge in [-0.25, -0.2) is 8.42 Å². The van der Waals surface area contributed by atoms with Crippen LogP contribution >= 0.6 is 24.0 Å². The molecular weight excluding hydrogens is 353 g/mol. The Kier molecular flexibility index (Phi) is 6.57. The van der Waals surface area contributed by atoms with Gasteiger partial charge in [0.1, 0.15) is 9.92 Å². The number of nitrogens with zero attached hydrogens (tertiary/aromatic N) is 2. The summed E-state index contributed by atoms with van der Waals surface area (Å²) in [6, 6.07) is 2.65. The van der Waals surface area contributed by atoms with Gasteiger partial charge < -0.3 is 5.32 Å². The molecule has 0 radical (unpaired) electrons. The fourth-order valence-electron chi connectivity index (χ4n) is 2.24. The largest absolute Gasteiger partial charge is 0.315 e. The summed E-state index contributed by atoms with van der Waals surface area (Å²) in [5.74, 6) is 0. The highest BCUT2D eigenvalue weighted by Gasteiger charge is 2.31. The van der Waals surface area contributed by atoms with Crippen molar-refractivity contribution in [3.8, 4) is 0 Å². The van der Waals surface area contributed by atoms with Gasteiger partial charge in [-0.2, -0.15) is 4.31 Å². The van der Waals surface area contributed by atoms with Crippen LogP contribution in [0.2, 0.25) is 5.02 Å². The number of rotatable bonds is 3. The van der Waals surface area contributed by atoms with Crippen LogP contribution in [-0.2, 0) is 10.0 Å². The first-order valence-corrected chi connectivity index (χ1v) is 8.31. The van der Waals surface area contributed by atoms with Crippen LogP contribution in [0.5, 0.6) is 0 Å². The number of nitro benzene ring substituents is 1. The molecule has 0 saturated carbocycles. The van der Waals surface area contributed by atoms with Gasteiger partial charge in [0.05, 0.1) is 4.92 Å². The van der Waals surface area contributed by atoms with E-state index in [4.69, 9.17) is 11.6 Å². The van der Waals surface area contributed by atoms with Crippen LogP contribution in [0.4, 0.5) is 5.69 Å². The Balaban J connectivity index is 0.00000242. The molecule has 22 heavy (non-hydrogen) atoms. The van der Waals surface area contributed by atoms with E-state index in [1.54, 1.807) is 6.92 Å². The van der Waals surface area contributed by atoms with E-state index in [0.717, 1.165) is 6.54 Å². The molecule has 1 aliphatic heterocycles. The van der Waals surface area contributed by atoms with Gasteiger partial charge in [0.15, 0.2) is 0 Å². The first-order chi connectivity index (χ1) is 9.84. The van der Waals surface area contributed by atoms with Gasteiger partial charge in [0, 0.05) is 25.7 Å². The lowest BCUT2D eigenvalue weighted by atomic mass is 10.2. The summed E-state index contributed by atoms with van der Waals surface area (Å²) in [7, 11) is -3.84. The molecule has 1 fully saturated rings. The Morgan fingerprint density at radius 1 is 1.32 bits per heavy atom. The molecule has 2 rings (SSSR count). The third kappa shape index (κ3) is 3.88. The minimum atomic E-state index is -3.84. The van der Waals surface area contributed by atoms with Crippen LogP contribution in [0.1, 0.15) is 12.0 Å². The van der Waals surface area contributed by atoms with Gasteiger partial charge in [0.25, 0.3) is 5.69 Å². The Morgan fingerprint density at radius 3 is 2.64 bits per heavy atom. The Labute approximate surface area is 140 Å². The summed E-state index contributed by atoms with van der Waals surface area (Å²) >= 11 is 5.96. The molecule has 0 amide bonds. The van der Waals surface area contributed by atoms with Crippen molar-refractivity contribution >= 4 is 39.7 Å². The summed E-state index contributed by atoms with van der Waals surface area (Å²) in [5, 5.41) is 13.8. The van der Waals surface area contributed by atoms with Crippen molar-refractivity contribution in [2.24, 2.45) is 0 Å². The van der Waals surface area contributed by atoms with Crippen molar-refractivity contribution in [1.82, 2.24) is 9.62 Å². The second kappa shape index (κ2) is 7.56. The smallest absolute Gasteiger partial charge is 0.289 e. The second-order valence-corrected chi connectivity index (χ2v) is 7.15. The average Bonchev–Trinajstić information content (AvgIpc) is 2.70. The van der Waals surface area contributed by atoms with Crippen LogP contribution < -0.4 is 5.32 Å². The maximum absolute atomic E-state index is 12.7. The maximum Gasteiger partial charge on any atom is 0.289 e. The van der Waals surface area contributed by atoms with Crippen molar-refractivity contribution in [3.05, 3.63) is 32.8 Å². The maximum atomic E-state index is 12.7. The SMILES string of the molecule is Cc1cc([N+](=O)[O-])c(Cl)c(S(=O)(=O)N2CCCNCC2)c1.Cl. The number of hydrogen-bond acceptors (Lipinski definition) is 5. The highest BCUT2D eigenvalue weighted by molar-refractivity contribution is 7.89. The standard InChI is InChI=1S/C12H16ClN3O4S.ClH/c1-9-7-10(16(17)18)12(13)11(8-9)21(19,20)15-5-2-3-14-4-6-15;/h7-8,14H,2-6H2,1H3;1H. The number of halogens is 2. The van der Waals surface area contributed by atoms with Crippen LogP contribution in [0.15, 0.2) is 17.0 Å². The molecule has 0 aromatic heterocycles. The quantitative estimate of drug-likeness (QED) is 0.649. The molecule has 1 aromatic carbocycles. The Morgan fingerprint density at radius 2 is 2.00 bits per heavy atom. The first-order valence-electron chi connectivity index (χ1n) is 6.49. The molecule has 1 N–H and O–H groups in total. The molecule has 1 saturated heterocycles. The van der Waals surface area contributed by atoms with Crippen LogP contribution in [-0.4, -0.2) is 43.8 Å². The number of hydrogen-bond donors (Lipinski definition) is 1. The van der Waals surface area contributed by atoms with E-state index in [1.807, 2.05) is 0 Å². The van der Waals surface area contributed by atoms with Gasteiger partial charge in [0.2, 0.25) is 10.0 Å². The summed E-state index contributed by atoms with van der Waals surface area (Å²) in [6.45, 7) is 3.58. The van der Waals surface area contributed by atoms with Gasteiger partial charge >= 0.3 is 0 Å². The van der Waals surface area contributed by atoms with Crippen molar-refractivity contribution in [1.29, 1.82) is 0 Å². The number of nitro groups is 1. The summed E-state index contributed by atoms with van der Waals surface area (Å²) in [6.07, 6.45) is 0.685. The predicted molar refractivity (Wildman–Crippen MR) is 86.3 cm³/mol. The Hall–Kier alpha value is -0.930. The molecule has 0 unspecified atom stereocenters. The van der Waals surface area contributed by atoms with E-state index in [1.165, 1.54) is 16.4 Å². The summed E-state index contributed by atoms with van der Waals surface area (Å²) in [5.41, 5.74) is 0.0980. The molecule has 1 aromatic rings. The lowest BCUT2D eigenvalue weighted by Gasteiger charge is -2.20. The minimum Gasteiger partial charge on any atom is -0.315 e. The predicted octanol–water partition coefficient (Wildman–Crippen LogP) is 1.96. The van der Waals surface area contributed by atoms with Crippen molar-refractivity contribution in [3.63, 3.8) is 0 Å². The molecule has 0 spiro atoms. The molecule has 1 aliphatic rings. The van der Waals surface area contributed by atoms with Crippen molar-refractivity contribution in [2.45, 2.75) is 18.2 Å². The number of nitrogens with one attached hydrogen (secondary N) is 1. The lowest BCUT2D eigenvalue weighted by Crippen LogP contribution is -2.34. The monoisotopic (exact) mass is 369 g/mol. The van der Waals surface area contributed by atoms with E-state index in [0.29, 0.717) is 31.6 Å². The molecule has 124 valence electrons. The minimum absolute atomic E-state index is 0. The van der Waals surface area contributed by atoms with Crippen molar-refractivity contribution in [2.75, 3.05) is 26.2 Å². The second-order valence-electron chi connectivity index (χ2n) is 4.86. The van der Waals surface area contributed by atoms with E-state index in [-0.39, 0.29) is 28.0 Å².